The van der Waals surface area contributed by atoms with Gasteiger partial charge in [0.05, 0.1) is 11.4 Å². The van der Waals surface area contributed by atoms with E-state index in [0.717, 1.165) is 4.90 Å². The fourth-order valence-electron chi connectivity index (χ4n) is 2.65. The topological polar surface area (TPSA) is 87.3 Å². The standard InChI is InChI=1S/C20H21N3O3S/c1-12(2)9-18(24)21-14-4-6-15(7-5-14)22-20(26)13-3-8-17-16(10-13)23-19(25)11-27-17/h3-8,10,12H,9,11H2,1-2H3,(H,21,24)(H,22,26)(H,23,25). The quantitative estimate of drug-likeness (QED) is 0.729. The maximum Gasteiger partial charge on any atom is 0.255 e. The Labute approximate surface area is 162 Å². The molecule has 1 aliphatic heterocycles. The van der Waals surface area contributed by atoms with Crippen LogP contribution in [0.5, 0.6) is 0 Å². The highest BCUT2D eigenvalue weighted by molar-refractivity contribution is 8.00. The Hall–Kier alpha value is -2.80. The summed E-state index contributed by atoms with van der Waals surface area (Å²) in [7, 11) is 0. The molecule has 27 heavy (non-hydrogen) atoms. The number of carbonyl (C=O) groups excluding carboxylic acids is 3. The Bertz CT molecular complexity index is 879. The number of fused-ring (bicyclic) bond motifs is 1. The summed E-state index contributed by atoms with van der Waals surface area (Å²) in [6.45, 7) is 3.98. The summed E-state index contributed by atoms with van der Waals surface area (Å²) in [5.74, 6) is 0.317. The first-order valence-corrected chi connectivity index (χ1v) is 9.67. The van der Waals surface area contributed by atoms with Crippen LogP contribution in [0.15, 0.2) is 47.4 Å². The lowest BCUT2D eigenvalue weighted by atomic mass is 10.1. The molecule has 0 saturated heterocycles. The molecule has 7 heteroatoms. The number of benzene rings is 2. The summed E-state index contributed by atoms with van der Waals surface area (Å²) in [4.78, 5) is 36.7. The van der Waals surface area contributed by atoms with Crippen LogP contribution in [0.25, 0.3) is 0 Å². The van der Waals surface area contributed by atoms with E-state index in [1.807, 2.05) is 19.9 Å². The van der Waals surface area contributed by atoms with E-state index in [9.17, 15) is 14.4 Å². The molecule has 3 amide bonds. The van der Waals surface area contributed by atoms with Gasteiger partial charge in [0, 0.05) is 28.3 Å². The second-order valence-electron chi connectivity index (χ2n) is 6.73. The maximum atomic E-state index is 12.5. The number of rotatable bonds is 5. The summed E-state index contributed by atoms with van der Waals surface area (Å²) < 4.78 is 0. The van der Waals surface area contributed by atoms with Crippen molar-refractivity contribution in [3.63, 3.8) is 0 Å². The average Bonchev–Trinajstić information content (AvgIpc) is 2.62. The molecule has 1 heterocycles. The molecule has 0 fully saturated rings. The predicted octanol–water partition coefficient (Wildman–Crippen LogP) is 3.97. The van der Waals surface area contributed by atoms with Crippen LogP contribution in [-0.4, -0.2) is 23.5 Å². The van der Waals surface area contributed by atoms with E-state index < -0.39 is 0 Å². The highest BCUT2D eigenvalue weighted by Gasteiger charge is 2.17. The summed E-state index contributed by atoms with van der Waals surface area (Å²) in [5.41, 5.74) is 2.43. The maximum absolute atomic E-state index is 12.5. The zero-order valence-corrected chi connectivity index (χ0v) is 16.0. The molecule has 140 valence electrons. The Morgan fingerprint density at radius 3 is 2.41 bits per heavy atom. The lowest BCUT2D eigenvalue weighted by Gasteiger charge is -2.17. The van der Waals surface area contributed by atoms with E-state index in [2.05, 4.69) is 16.0 Å². The van der Waals surface area contributed by atoms with Crippen LogP contribution < -0.4 is 16.0 Å². The van der Waals surface area contributed by atoms with Crippen LogP contribution in [0.4, 0.5) is 17.1 Å². The number of hydrogen-bond acceptors (Lipinski definition) is 4. The van der Waals surface area contributed by atoms with Gasteiger partial charge in [-0.1, -0.05) is 13.8 Å². The number of carbonyl (C=O) groups is 3. The monoisotopic (exact) mass is 383 g/mol. The number of hydrogen-bond donors (Lipinski definition) is 3. The van der Waals surface area contributed by atoms with Crippen molar-refractivity contribution in [2.75, 3.05) is 21.7 Å². The molecular formula is C20H21N3O3S. The van der Waals surface area contributed by atoms with Gasteiger partial charge in [-0.2, -0.15) is 0 Å². The first-order valence-electron chi connectivity index (χ1n) is 8.68. The second-order valence-corrected chi connectivity index (χ2v) is 7.74. The fourth-order valence-corrected chi connectivity index (χ4v) is 3.44. The number of anilines is 3. The Kier molecular flexibility index (Phi) is 5.81. The van der Waals surface area contributed by atoms with Crippen molar-refractivity contribution in [1.82, 2.24) is 0 Å². The third-order valence-corrected chi connectivity index (χ3v) is 4.97. The lowest BCUT2D eigenvalue weighted by molar-refractivity contribution is -0.117. The molecule has 1 aliphatic rings. The van der Waals surface area contributed by atoms with Gasteiger partial charge in [-0.25, -0.2) is 0 Å². The van der Waals surface area contributed by atoms with Crippen LogP contribution in [0.2, 0.25) is 0 Å². The largest absolute Gasteiger partial charge is 0.326 e. The molecule has 0 aromatic heterocycles. The predicted molar refractivity (Wildman–Crippen MR) is 108 cm³/mol. The van der Waals surface area contributed by atoms with Gasteiger partial charge in [0.15, 0.2) is 0 Å². The average molecular weight is 383 g/mol. The van der Waals surface area contributed by atoms with E-state index in [4.69, 9.17) is 0 Å². The number of amides is 3. The molecule has 3 N–H and O–H groups in total. The van der Waals surface area contributed by atoms with E-state index in [0.29, 0.717) is 40.7 Å². The van der Waals surface area contributed by atoms with Crippen LogP contribution in [-0.2, 0) is 9.59 Å². The van der Waals surface area contributed by atoms with Gasteiger partial charge in [0.25, 0.3) is 5.91 Å². The molecule has 0 bridgehead atoms. The first-order chi connectivity index (χ1) is 12.9. The normalized spacial score (nSPS) is 12.9. The molecule has 0 unspecified atom stereocenters. The fraction of sp³-hybridized carbons (Fsp3) is 0.250. The van der Waals surface area contributed by atoms with Crippen molar-refractivity contribution < 1.29 is 14.4 Å². The zero-order chi connectivity index (χ0) is 19.4. The van der Waals surface area contributed by atoms with Crippen molar-refractivity contribution in [2.45, 2.75) is 25.2 Å². The zero-order valence-electron chi connectivity index (χ0n) is 15.2. The molecule has 2 aromatic carbocycles. The molecule has 2 aromatic rings. The van der Waals surface area contributed by atoms with E-state index in [1.54, 1.807) is 36.4 Å². The van der Waals surface area contributed by atoms with Crippen LogP contribution in [0.3, 0.4) is 0 Å². The van der Waals surface area contributed by atoms with Gasteiger partial charge < -0.3 is 16.0 Å². The highest BCUT2D eigenvalue weighted by Crippen LogP contribution is 2.32. The number of thioether (sulfide) groups is 1. The van der Waals surface area contributed by atoms with Gasteiger partial charge in [-0.05, 0) is 48.4 Å². The summed E-state index contributed by atoms with van der Waals surface area (Å²) in [6.07, 6.45) is 0.464. The lowest BCUT2D eigenvalue weighted by Crippen LogP contribution is -2.20. The molecule has 6 nitrogen and oxygen atoms in total. The third kappa shape index (κ3) is 5.10. The van der Waals surface area contributed by atoms with E-state index in [1.165, 1.54) is 11.8 Å². The van der Waals surface area contributed by atoms with Crippen LogP contribution in [0, 0.1) is 5.92 Å². The van der Waals surface area contributed by atoms with Crippen molar-refractivity contribution in [2.24, 2.45) is 5.92 Å². The molecule has 0 saturated carbocycles. The van der Waals surface area contributed by atoms with Crippen molar-refractivity contribution in [3.05, 3.63) is 48.0 Å². The molecule has 0 atom stereocenters. The SMILES string of the molecule is CC(C)CC(=O)Nc1ccc(NC(=O)c2ccc3c(c2)NC(=O)CS3)cc1. The Balaban J connectivity index is 1.63. The minimum atomic E-state index is -0.265. The van der Waals surface area contributed by atoms with Crippen molar-refractivity contribution in [1.29, 1.82) is 0 Å². The summed E-state index contributed by atoms with van der Waals surface area (Å²) in [5, 5.41) is 8.43. The van der Waals surface area contributed by atoms with Gasteiger partial charge >= 0.3 is 0 Å². The molecule has 0 radical (unpaired) electrons. The van der Waals surface area contributed by atoms with Gasteiger partial charge in [-0.3, -0.25) is 14.4 Å². The first kappa shape index (κ1) is 19.0. The van der Waals surface area contributed by atoms with E-state index in [-0.39, 0.29) is 17.7 Å². The molecule has 3 rings (SSSR count). The van der Waals surface area contributed by atoms with Gasteiger partial charge in [-0.15, -0.1) is 11.8 Å². The van der Waals surface area contributed by atoms with E-state index >= 15 is 0 Å². The minimum Gasteiger partial charge on any atom is -0.326 e. The Morgan fingerprint density at radius 1 is 1.07 bits per heavy atom. The van der Waals surface area contributed by atoms with Crippen LogP contribution >= 0.6 is 11.8 Å². The summed E-state index contributed by atoms with van der Waals surface area (Å²) >= 11 is 1.45. The summed E-state index contributed by atoms with van der Waals surface area (Å²) in [6, 6.07) is 12.2. The van der Waals surface area contributed by atoms with Gasteiger partial charge in [0.2, 0.25) is 11.8 Å². The molecular weight excluding hydrogens is 362 g/mol. The minimum absolute atomic E-state index is 0.0317. The number of nitrogens with one attached hydrogen (secondary N) is 3. The molecule has 0 aliphatic carbocycles. The smallest absolute Gasteiger partial charge is 0.255 e. The van der Waals surface area contributed by atoms with Crippen molar-refractivity contribution >= 4 is 46.5 Å². The molecule has 0 spiro atoms. The van der Waals surface area contributed by atoms with Gasteiger partial charge in [0.1, 0.15) is 0 Å². The second kappa shape index (κ2) is 8.26. The third-order valence-electron chi connectivity index (χ3n) is 3.89. The van der Waals surface area contributed by atoms with Crippen LogP contribution in [0.1, 0.15) is 30.6 Å². The Morgan fingerprint density at radius 2 is 1.74 bits per heavy atom. The highest BCUT2D eigenvalue weighted by atomic mass is 32.2. The van der Waals surface area contributed by atoms with Crippen molar-refractivity contribution in [3.8, 4) is 0 Å².